The van der Waals surface area contributed by atoms with E-state index >= 15 is 0 Å². The van der Waals surface area contributed by atoms with Gasteiger partial charge < -0.3 is 10.8 Å². The first-order valence-electron chi connectivity index (χ1n) is 5.64. The number of nitrogens with zero attached hydrogens (tertiary/aromatic N) is 1. The minimum Gasteiger partial charge on any atom is -0.502 e. The van der Waals surface area contributed by atoms with Crippen molar-refractivity contribution in [2.75, 3.05) is 0 Å². The predicted octanol–water partition coefficient (Wildman–Crippen LogP) is 1.79. The summed E-state index contributed by atoms with van der Waals surface area (Å²) in [6, 6.07) is 3.27. The van der Waals surface area contributed by atoms with E-state index in [1.807, 2.05) is 13.8 Å². The first-order chi connectivity index (χ1) is 8.41. The zero-order valence-corrected chi connectivity index (χ0v) is 10.7. The molecule has 0 bridgehead atoms. The number of phenols is 1. The van der Waals surface area contributed by atoms with Gasteiger partial charge in [-0.2, -0.15) is 0 Å². The predicted molar refractivity (Wildman–Crippen MR) is 68.5 cm³/mol. The van der Waals surface area contributed by atoms with Crippen molar-refractivity contribution in [3.8, 4) is 5.75 Å². The third-order valence-electron chi connectivity index (χ3n) is 2.21. The van der Waals surface area contributed by atoms with Crippen LogP contribution in [-0.4, -0.2) is 21.9 Å². The van der Waals surface area contributed by atoms with Gasteiger partial charge in [-0.3, -0.25) is 14.9 Å². The minimum atomic E-state index is -0.682. The number of nitro groups is 1. The summed E-state index contributed by atoms with van der Waals surface area (Å²) in [6.07, 6.45) is 0.219. The number of hydrogen-bond donors (Lipinski definition) is 2. The average Bonchev–Trinajstić information content (AvgIpc) is 2.33. The second-order valence-corrected chi connectivity index (χ2v) is 3.50. The molecule has 1 unspecified atom stereocenters. The molecule has 18 heavy (non-hydrogen) atoms. The highest BCUT2D eigenvalue weighted by Crippen LogP contribution is 2.26. The van der Waals surface area contributed by atoms with Gasteiger partial charge in [0.2, 0.25) is 0 Å². The van der Waals surface area contributed by atoms with Crippen LogP contribution in [0.3, 0.4) is 0 Å². The van der Waals surface area contributed by atoms with Crippen molar-refractivity contribution in [1.29, 1.82) is 0 Å². The van der Waals surface area contributed by atoms with Gasteiger partial charge >= 0.3 is 5.69 Å². The topological polar surface area (TPSA) is 106 Å². The van der Waals surface area contributed by atoms with Gasteiger partial charge in [0.1, 0.15) is 5.78 Å². The van der Waals surface area contributed by atoms with Crippen LogP contribution in [0.2, 0.25) is 0 Å². The van der Waals surface area contributed by atoms with Gasteiger partial charge in [0.05, 0.1) is 11.0 Å². The first-order valence-corrected chi connectivity index (χ1v) is 5.64. The van der Waals surface area contributed by atoms with Crippen molar-refractivity contribution >= 4 is 11.5 Å². The number of carbonyl (C=O) groups excluding carboxylic acids is 1. The molecule has 0 spiro atoms. The Labute approximate surface area is 106 Å². The van der Waals surface area contributed by atoms with Crippen LogP contribution in [0.1, 0.15) is 26.3 Å². The summed E-state index contributed by atoms with van der Waals surface area (Å²) in [7, 11) is 0. The van der Waals surface area contributed by atoms with E-state index in [1.165, 1.54) is 25.1 Å². The molecule has 100 valence electrons. The fraction of sp³-hybridized carbons (Fsp3) is 0.417. The van der Waals surface area contributed by atoms with Gasteiger partial charge in [0, 0.05) is 6.07 Å². The SMILES string of the molecule is CC.CC(=O)C(N)Cc1ccc(O)c([N+](=O)[O-])c1. The number of aromatic hydroxyl groups is 1. The number of nitro benzene ring substituents is 1. The molecule has 0 saturated heterocycles. The molecule has 0 amide bonds. The Hall–Kier alpha value is -1.95. The Morgan fingerprint density at radius 2 is 2.06 bits per heavy atom. The Morgan fingerprint density at radius 3 is 2.50 bits per heavy atom. The molecule has 0 aliphatic heterocycles. The largest absolute Gasteiger partial charge is 0.502 e. The number of carbonyl (C=O) groups is 1. The van der Waals surface area contributed by atoms with Gasteiger partial charge in [0.15, 0.2) is 5.75 Å². The first kappa shape index (κ1) is 16.1. The van der Waals surface area contributed by atoms with Crippen LogP contribution in [0, 0.1) is 10.1 Å². The van der Waals surface area contributed by atoms with E-state index in [2.05, 4.69) is 0 Å². The molecule has 0 saturated carbocycles. The van der Waals surface area contributed by atoms with Gasteiger partial charge in [0.25, 0.3) is 0 Å². The highest BCUT2D eigenvalue weighted by atomic mass is 16.6. The molecular weight excluding hydrogens is 236 g/mol. The highest BCUT2D eigenvalue weighted by molar-refractivity contribution is 5.81. The highest BCUT2D eigenvalue weighted by Gasteiger charge is 2.16. The summed E-state index contributed by atoms with van der Waals surface area (Å²) in [5, 5.41) is 19.7. The van der Waals surface area contributed by atoms with Crippen LogP contribution < -0.4 is 5.73 Å². The molecule has 0 aromatic heterocycles. The van der Waals surface area contributed by atoms with Crippen LogP contribution in [-0.2, 0) is 11.2 Å². The van der Waals surface area contributed by atoms with Crippen molar-refractivity contribution in [3.63, 3.8) is 0 Å². The number of hydrogen-bond acceptors (Lipinski definition) is 5. The van der Waals surface area contributed by atoms with Gasteiger partial charge in [-0.15, -0.1) is 0 Å². The molecule has 3 N–H and O–H groups in total. The summed E-state index contributed by atoms with van der Waals surface area (Å²) < 4.78 is 0. The maximum Gasteiger partial charge on any atom is 0.310 e. The Balaban J connectivity index is 0.00000137. The van der Waals surface area contributed by atoms with Crippen LogP contribution in [0.15, 0.2) is 18.2 Å². The molecule has 1 aromatic rings. The number of benzene rings is 1. The quantitative estimate of drug-likeness (QED) is 0.629. The number of ketones is 1. The van der Waals surface area contributed by atoms with E-state index in [9.17, 15) is 20.0 Å². The molecule has 0 aliphatic rings. The Bertz CT molecular complexity index is 432. The summed E-state index contributed by atoms with van der Waals surface area (Å²) in [5.74, 6) is -0.583. The van der Waals surface area contributed by atoms with Gasteiger partial charge in [-0.05, 0) is 25.0 Å². The molecule has 1 rings (SSSR count). The summed E-state index contributed by atoms with van der Waals surface area (Å²) in [6.45, 7) is 5.36. The van der Waals surface area contributed by atoms with Crippen molar-refractivity contribution in [3.05, 3.63) is 33.9 Å². The van der Waals surface area contributed by atoms with E-state index in [1.54, 1.807) is 0 Å². The Kier molecular flexibility index (Phi) is 6.59. The van der Waals surface area contributed by atoms with Crippen molar-refractivity contribution in [2.24, 2.45) is 5.73 Å². The zero-order valence-electron chi connectivity index (χ0n) is 10.7. The van der Waals surface area contributed by atoms with Crippen molar-refractivity contribution in [2.45, 2.75) is 33.2 Å². The maximum absolute atomic E-state index is 10.9. The van der Waals surface area contributed by atoms with Crippen LogP contribution >= 0.6 is 0 Å². The van der Waals surface area contributed by atoms with E-state index < -0.39 is 16.7 Å². The summed E-state index contributed by atoms with van der Waals surface area (Å²) in [5.41, 5.74) is 5.70. The molecule has 0 heterocycles. The van der Waals surface area contributed by atoms with E-state index in [-0.39, 0.29) is 17.9 Å². The number of rotatable bonds is 4. The van der Waals surface area contributed by atoms with Crippen LogP contribution in [0.4, 0.5) is 5.69 Å². The van der Waals surface area contributed by atoms with Crippen LogP contribution in [0.25, 0.3) is 0 Å². The third-order valence-corrected chi connectivity index (χ3v) is 2.21. The zero-order chi connectivity index (χ0) is 14.3. The molecule has 1 aromatic carbocycles. The average molecular weight is 254 g/mol. The molecule has 0 radical (unpaired) electrons. The lowest BCUT2D eigenvalue weighted by Crippen LogP contribution is -2.30. The second-order valence-electron chi connectivity index (χ2n) is 3.50. The molecule has 6 nitrogen and oxygen atoms in total. The Morgan fingerprint density at radius 1 is 1.50 bits per heavy atom. The summed E-state index contributed by atoms with van der Waals surface area (Å²) >= 11 is 0. The van der Waals surface area contributed by atoms with Gasteiger partial charge in [-0.1, -0.05) is 19.9 Å². The molecule has 0 aliphatic carbocycles. The van der Waals surface area contributed by atoms with Crippen LogP contribution in [0.5, 0.6) is 5.75 Å². The van der Waals surface area contributed by atoms with E-state index in [4.69, 9.17) is 5.73 Å². The normalized spacial score (nSPS) is 11.1. The molecule has 6 heteroatoms. The fourth-order valence-electron chi connectivity index (χ4n) is 1.24. The fourth-order valence-corrected chi connectivity index (χ4v) is 1.24. The number of Topliss-reactive ketones (excluding diaryl/α,β-unsaturated/α-hetero) is 1. The minimum absolute atomic E-state index is 0.185. The number of nitrogens with two attached hydrogens (primary N) is 1. The smallest absolute Gasteiger partial charge is 0.310 e. The standard InChI is InChI=1S/C10H12N2O4.C2H6/c1-6(13)8(11)4-7-2-3-10(14)9(5-7)12(15)16;1-2/h2-3,5,8,14H,4,11H2,1H3;1-2H3. The molecule has 1 atom stereocenters. The van der Waals surface area contributed by atoms with E-state index in [0.29, 0.717) is 5.56 Å². The molecule has 0 fully saturated rings. The maximum atomic E-state index is 10.9. The molecular formula is C12H18N2O4. The van der Waals surface area contributed by atoms with Crippen molar-refractivity contribution < 1.29 is 14.8 Å². The van der Waals surface area contributed by atoms with Gasteiger partial charge in [-0.25, -0.2) is 0 Å². The lowest BCUT2D eigenvalue weighted by Gasteiger charge is -2.07. The van der Waals surface area contributed by atoms with E-state index in [0.717, 1.165) is 0 Å². The third kappa shape index (κ3) is 4.50. The second kappa shape index (κ2) is 7.39. The number of phenolic OH excluding ortho intramolecular Hbond substituents is 1. The van der Waals surface area contributed by atoms with Crippen molar-refractivity contribution in [1.82, 2.24) is 0 Å². The monoisotopic (exact) mass is 254 g/mol. The lowest BCUT2D eigenvalue weighted by atomic mass is 10.0. The summed E-state index contributed by atoms with van der Waals surface area (Å²) in [4.78, 5) is 20.8. The lowest BCUT2D eigenvalue weighted by molar-refractivity contribution is -0.385.